The minimum atomic E-state index is -0.181. The van der Waals surface area contributed by atoms with Gasteiger partial charge in [0.1, 0.15) is 0 Å². The van der Waals surface area contributed by atoms with Crippen molar-refractivity contribution in [2.75, 3.05) is 20.3 Å². The quantitative estimate of drug-likeness (QED) is 0.878. The van der Waals surface area contributed by atoms with Crippen LogP contribution in [-0.2, 0) is 0 Å². The molecule has 1 aromatic carbocycles. The fourth-order valence-electron chi connectivity index (χ4n) is 1.36. The minimum Gasteiger partial charge on any atom is -0.493 e. The average Bonchev–Trinajstić information content (AvgIpc) is 2.36. The molecule has 0 fully saturated rings. The Kier molecular flexibility index (Phi) is 5.71. The molecule has 1 aromatic rings. The first kappa shape index (κ1) is 14.6. The maximum absolute atomic E-state index is 11.8. The van der Waals surface area contributed by atoms with Crippen LogP contribution >= 0.6 is 15.9 Å². The largest absolute Gasteiger partial charge is 0.493 e. The van der Waals surface area contributed by atoms with Crippen LogP contribution in [0.15, 0.2) is 29.3 Å². The summed E-state index contributed by atoms with van der Waals surface area (Å²) in [5.74, 6) is 0.989. The lowest BCUT2D eigenvalue weighted by atomic mass is 10.2. The first-order valence-corrected chi connectivity index (χ1v) is 6.30. The van der Waals surface area contributed by atoms with Crippen LogP contribution in [0.2, 0.25) is 0 Å². The zero-order valence-corrected chi connectivity index (χ0v) is 12.0. The molecule has 0 atom stereocenters. The van der Waals surface area contributed by atoms with Gasteiger partial charge >= 0.3 is 0 Å². The van der Waals surface area contributed by atoms with Crippen molar-refractivity contribution in [2.24, 2.45) is 0 Å². The highest BCUT2D eigenvalue weighted by Gasteiger charge is 2.10. The van der Waals surface area contributed by atoms with Crippen LogP contribution in [-0.4, -0.2) is 26.2 Å². The second-order valence-electron chi connectivity index (χ2n) is 3.50. The first-order valence-electron chi connectivity index (χ1n) is 5.50. The number of halogens is 1. The number of hydrogen-bond acceptors (Lipinski definition) is 3. The van der Waals surface area contributed by atoms with Gasteiger partial charge in [-0.15, -0.1) is 0 Å². The van der Waals surface area contributed by atoms with Gasteiger partial charge in [0.2, 0.25) is 0 Å². The Morgan fingerprint density at radius 2 is 2.17 bits per heavy atom. The Morgan fingerprint density at radius 1 is 1.44 bits per heavy atom. The summed E-state index contributed by atoms with van der Waals surface area (Å²) in [7, 11) is 1.56. The predicted octanol–water partition coefficient (Wildman–Crippen LogP) is 2.73. The van der Waals surface area contributed by atoms with Gasteiger partial charge in [-0.25, -0.2) is 0 Å². The highest BCUT2D eigenvalue weighted by atomic mass is 79.9. The van der Waals surface area contributed by atoms with Crippen molar-refractivity contribution in [1.29, 1.82) is 0 Å². The second kappa shape index (κ2) is 7.06. The summed E-state index contributed by atoms with van der Waals surface area (Å²) in [6.45, 7) is 6.43. The third-order valence-electron chi connectivity index (χ3n) is 2.17. The molecule has 0 aliphatic heterocycles. The number of amides is 1. The molecule has 1 N–H and O–H groups in total. The molecule has 5 heteroatoms. The van der Waals surface area contributed by atoms with E-state index < -0.39 is 0 Å². The Morgan fingerprint density at radius 3 is 2.72 bits per heavy atom. The minimum absolute atomic E-state index is 0.181. The number of carbonyl (C=O) groups excluding carboxylic acids is 1. The maximum Gasteiger partial charge on any atom is 0.251 e. The third kappa shape index (κ3) is 4.07. The van der Waals surface area contributed by atoms with E-state index >= 15 is 0 Å². The molecule has 4 nitrogen and oxygen atoms in total. The Balaban J connectivity index is 2.86. The SMILES string of the molecule is C=C(Br)CNC(=O)c1ccc(OC)c(OCC)c1. The number of methoxy groups -OCH3 is 1. The van der Waals surface area contributed by atoms with E-state index in [9.17, 15) is 4.79 Å². The predicted molar refractivity (Wildman–Crippen MR) is 74.6 cm³/mol. The molecule has 0 saturated carbocycles. The monoisotopic (exact) mass is 313 g/mol. The number of carbonyl (C=O) groups is 1. The summed E-state index contributed by atoms with van der Waals surface area (Å²) in [4.78, 5) is 11.8. The van der Waals surface area contributed by atoms with E-state index in [1.54, 1.807) is 25.3 Å². The average molecular weight is 314 g/mol. The normalized spacial score (nSPS) is 9.72. The van der Waals surface area contributed by atoms with E-state index in [4.69, 9.17) is 9.47 Å². The zero-order valence-electron chi connectivity index (χ0n) is 10.5. The summed E-state index contributed by atoms with van der Waals surface area (Å²) in [6.07, 6.45) is 0. The fraction of sp³-hybridized carbons (Fsp3) is 0.308. The molecule has 0 spiro atoms. The Labute approximate surface area is 115 Å². The van der Waals surface area contributed by atoms with Crippen molar-refractivity contribution >= 4 is 21.8 Å². The molecule has 0 aliphatic carbocycles. The van der Waals surface area contributed by atoms with Crippen LogP contribution in [0, 0.1) is 0 Å². The standard InChI is InChI=1S/C13H16BrNO3/c1-4-18-12-7-10(5-6-11(12)17-3)13(16)15-8-9(2)14/h5-7H,2,4,8H2,1,3H3,(H,15,16). The number of nitrogens with one attached hydrogen (secondary N) is 1. The maximum atomic E-state index is 11.8. The topological polar surface area (TPSA) is 47.6 Å². The van der Waals surface area contributed by atoms with Crippen molar-refractivity contribution in [1.82, 2.24) is 5.32 Å². The highest BCUT2D eigenvalue weighted by molar-refractivity contribution is 9.11. The van der Waals surface area contributed by atoms with E-state index in [1.165, 1.54) is 0 Å². The molecular weight excluding hydrogens is 298 g/mol. The molecule has 0 aliphatic rings. The molecule has 0 bridgehead atoms. The van der Waals surface area contributed by atoms with Gasteiger partial charge in [0.05, 0.1) is 13.7 Å². The van der Waals surface area contributed by atoms with Crippen LogP contribution in [0.4, 0.5) is 0 Å². The summed E-state index contributed by atoms with van der Waals surface area (Å²) in [5.41, 5.74) is 0.521. The van der Waals surface area contributed by atoms with E-state index in [-0.39, 0.29) is 5.91 Å². The molecule has 0 radical (unpaired) electrons. The molecule has 1 rings (SSSR count). The second-order valence-corrected chi connectivity index (χ2v) is 4.62. The number of hydrogen-bond donors (Lipinski definition) is 1. The molecule has 98 valence electrons. The van der Waals surface area contributed by atoms with Gasteiger partial charge in [-0.2, -0.15) is 0 Å². The van der Waals surface area contributed by atoms with Gasteiger partial charge in [0.25, 0.3) is 5.91 Å². The first-order chi connectivity index (χ1) is 8.58. The van der Waals surface area contributed by atoms with E-state index in [0.29, 0.717) is 30.2 Å². The fourth-order valence-corrected chi connectivity index (χ4v) is 1.50. The number of ether oxygens (including phenoxy) is 2. The Hall–Kier alpha value is -1.49. The van der Waals surface area contributed by atoms with E-state index in [0.717, 1.165) is 4.48 Å². The highest BCUT2D eigenvalue weighted by Crippen LogP contribution is 2.27. The third-order valence-corrected chi connectivity index (χ3v) is 2.45. The molecular formula is C13H16BrNO3. The van der Waals surface area contributed by atoms with Crippen LogP contribution in [0.1, 0.15) is 17.3 Å². The van der Waals surface area contributed by atoms with Gasteiger partial charge in [-0.1, -0.05) is 22.5 Å². The van der Waals surface area contributed by atoms with Crippen LogP contribution < -0.4 is 14.8 Å². The summed E-state index contributed by atoms with van der Waals surface area (Å²) < 4.78 is 11.3. The number of rotatable bonds is 6. The molecule has 1 amide bonds. The lowest BCUT2D eigenvalue weighted by Gasteiger charge is -2.11. The summed E-state index contributed by atoms with van der Waals surface area (Å²) >= 11 is 3.18. The molecule has 0 aromatic heterocycles. The van der Waals surface area contributed by atoms with Gasteiger partial charge in [0, 0.05) is 16.6 Å². The van der Waals surface area contributed by atoms with Crippen molar-refractivity contribution in [3.8, 4) is 11.5 Å². The smallest absolute Gasteiger partial charge is 0.251 e. The molecule has 18 heavy (non-hydrogen) atoms. The summed E-state index contributed by atoms with van der Waals surface area (Å²) in [5, 5.41) is 2.72. The van der Waals surface area contributed by atoms with Gasteiger partial charge in [-0.05, 0) is 25.1 Å². The molecule has 0 unspecified atom stereocenters. The number of benzene rings is 1. The summed E-state index contributed by atoms with van der Waals surface area (Å²) in [6, 6.07) is 5.06. The Bertz CT molecular complexity index is 446. The van der Waals surface area contributed by atoms with Gasteiger partial charge in [0.15, 0.2) is 11.5 Å². The molecule has 0 heterocycles. The van der Waals surface area contributed by atoms with E-state index in [2.05, 4.69) is 27.8 Å². The van der Waals surface area contributed by atoms with Gasteiger partial charge < -0.3 is 14.8 Å². The lowest BCUT2D eigenvalue weighted by molar-refractivity contribution is 0.0957. The van der Waals surface area contributed by atoms with Crippen molar-refractivity contribution < 1.29 is 14.3 Å². The van der Waals surface area contributed by atoms with E-state index in [1.807, 2.05) is 6.92 Å². The van der Waals surface area contributed by atoms with Crippen molar-refractivity contribution in [2.45, 2.75) is 6.92 Å². The van der Waals surface area contributed by atoms with Crippen LogP contribution in [0.25, 0.3) is 0 Å². The zero-order chi connectivity index (χ0) is 13.5. The van der Waals surface area contributed by atoms with Crippen LogP contribution in [0.3, 0.4) is 0 Å². The van der Waals surface area contributed by atoms with Crippen molar-refractivity contribution in [3.05, 3.63) is 34.8 Å². The van der Waals surface area contributed by atoms with Gasteiger partial charge in [-0.3, -0.25) is 4.79 Å². The molecule has 0 saturated heterocycles. The van der Waals surface area contributed by atoms with Crippen molar-refractivity contribution in [3.63, 3.8) is 0 Å². The lowest BCUT2D eigenvalue weighted by Crippen LogP contribution is -2.24. The van der Waals surface area contributed by atoms with Crippen LogP contribution in [0.5, 0.6) is 11.5 Å².